The predicted molar refractivity (Wildman–Crippen MR) is 220 cm³/mol. The van der Waals surface area contributed by atoms with E-state index in [9.17, 15) is 74.3 Å². The van der Waals surface area contributed by atoms with Gasteiger partial charge in [-0.2, -0.15) is 21.6 Å². The summed E-state index contributed by atoms with van der Waals surface area (Å²) in [6, 6.07) is 0. The summed E-state index contributed by atoms with van der Waals surface area (Å²) in [5, 5.41) is 0. The van der Waals surface area contributed by atoms with Crippen LogP contribution in [-0.4, -0.2) is 30.9 Å². The minimum atomic E-state index is -7.22. The zero-order chi connectivity index (χ0) is 56.6. The summed E-state index contributed by atoms with van der Waals surface area (Å²) in [5.41, 5.74) is -15.2. The van der Waals surface area contributed by atoms with Gasteiger partial charge in [0.25, 0.3) is 0 Å². The Balaban J connectivity index is 0.000000433. The average molecular weight is 1130 g/mol. The SMILES string of the molecule is CC(C)(CCCCCCCCCCCCCCCCCC(F)(F)F)OS(=O)(=O)O.Fc1c(F)c(F)c([B-](c2c(F)c(F)c(F)c(F)c2F)(c2c(F)c(F)c(F)c(F)c2F)c2c(F)c(F)c(F)c(F)c2F)c(F)c1F. The lowest BCUT2D eigenvalue weighted by atomic mass is 9.12. The van der Waals surface area contributed by atoms with Crippen molar-refractivity contribution in [1.29, 1.82) is 0 Å². The van der Waals surface area contributed by atoms with E-state index >= 15 is 35.1 Å². The topological polar surface area (TPSA) is 63.6 Å². The van der Waals surface area contributed by atoms with E-state index in [0.717, 1.165) is 38.5 Å². The molecule has 29 heteroatoms. The van der Waals surface area contributed by atoms with E-state index in [2.05, 4.69) is 4.18 Å². The minimum absolute atomic E-state index is 0.263. The summed E-state index contributed by atoms with van der Waals surface area (Å²) in [4.78, 5) is 0. The Labute approximate surface area is 407 Å². The third kappa shape index (κ3) is 14.4. The first-order chi connectivity index (χ1) is 34.1. The highest BCUT2D eigenvalue weighted by Gasteiger charge is 2.52. The van der Waals surface area contributed by atoms with Crippen molar-refractivity contribution < 1.29 is 118 Å². The first-order valence-corrected chi connectivity index (χ1v) is 23.5. The molecule has 0 aliphatic carbocycles. The summed E-state index contributed by atoms with van der Waals surface area (Å²) in [6.07, 6.45) is 4.27. The third-order valence-corrected chi connectivity index (χ3v) is 12.4. The molecule has 0 aliphatic rings. The molecule has 0 aliphatic heterocycles. The molecular weight excluding hydrogens is 1080 g/mol. The highest BCUT2D eigenvalue weighted by Crippen LogP contribution is 2.31. The van der Waals surface area contributed by atoms with Gasteiger partial charge in [0.1, 0.15) is 52.7 Å². The molecule has 4 nitrogen and oxygen atoms in total. The summed E-state index contributed by atoms with van der Waals surface area (Å²) in [7, 11) is -4.40. The molecule has 1 N–H and O–H groups in total. The first kappa shape index (κ1) is 63.5. The molecule has 0 unspecified atom stereocenters. The van der Waals surface area contributed by atoms with Gasteiger partial charge in [-0.25, -0.2) is 92.0 Å². The smallest absolute Gasteiger partial charge is 0.264 e. The molecule has 0 amide bonds. The van der Waals surface area contributed by atoms with Crippen LogP contribution in [0.2, 0.25) is 0 Å². The van der Waals surface area contributed by atoms with Crippen molar-refractivity contribution in [2.45, 2.75) is 135 Å². The number of alkyl halides is 3. The quantitative estimate of drug-likeness (QED) is 0.0201. The second-order valence-electron chi connectivity index (χ2n) is 17.5. The molecule has 4 rings (SSSR count). The monoisotopic (exact) mass is 1130 g/mol. The van der Waals surface area contributed by atoms with Gasteiger partial charge in [-0.15, -0.1) is 21.9 Å². The fraction of sp³-hybridized carbons (Fsp3) is 0.467. The van der Waals surface area contributed by atoms with Gasteiger partial charge in [-0.1, -0.05) is 89.9 Å². The molecule has 0 spiro atoms. The fourth-order valence-corrected chi connectivity index (χ4v) is 9.03. The van der Waals surface area contributed by atoms with Crippen LogP contribution in [0.5, 0.6) is 0 Å². The number of rotatable bonds is 23. The molecule has 74 heavy (non-hydrogen) atoms. The van der Waals surface area contributed by atoms with Crippen molar-refractivity contribution in [2.24, 2.45) is 0 Å². The molecule has 0 aromatic heterocycles. The van der Waals surface area contributed by atoms with Gasteiger partial charge in [0.2, 0.25) is 0 Å². The minimum Gasteiger partial charge on any atom is -0.264 e. The van der Waals surface area contributed by atoms with Crippen molar-refractivity contribution in [3.63, 3.8) is 0 Å². The summed E-state index contributed by atoms with van der Waals surface area (Å²) >= 11 is 0. The highest BCUT2D eigenvalue weighted by molar-refractivity contribution is 7.80. The molecule has 0 bridgehead atoms. The summed E-state index contributed by atoms with van der Waals surface area (Å²) in [5.74, 6) is -71.4. The molecule has 4 aromatic rings. The first-order valence-electron chi connectivity index (χ1n) is 22.1. The van der Waals surface area contributed by atoms with Gasteiger partial charge >= 0.3 is 16.6 Å². The van der Waals surface area contributed by atoms with Gasteiger partial charge in [0, 0.05) is 6.42 Å². The van der Waals surface area contributed by atoms with Crippen LogP contribution in [-0.2, 0) is 14.6 Å². The van der Waals surface area contributed by atoms with Crippen LogP contribution < -0.4 is 21.9 Å². The molecule has 0 heterocycles. The molecule has 0 saturated heterocycles. The van der Waals surface area contributed by atoms with Crippen LogP contribution in [0.1, 0.15) is 123 Å². The van der Waals surface area contributed by atoms with Crippen molar-refractivity contribution in [2.75, 3.05) is 0 Å². The van der Waals surface area contributed by atoms with Crippen LogP contribution in [0.25, 0.3) is 0 Å². The maximum atomic E-state index is 15.4. The Morgan fingerprint density at radius 2 is 0.486 bits per heavy atom. The summed E-state index contributed by atoms with van der Waals surface area (Å²) < 4.78 is 365. The molecule has 0 fully saturated rings. The van der Waals surface area contributed by atoms with E-state index in [0.29, 0.717) is 12.8 Å². The van der Waals surface area contributed by atoms with Gasteiger partial charge in [0.15, 0.2) is 69.8 Å². The maximum Gasteiger partial charge on any atom is 0.397 e. The predicted octanol–water partition coefficient (Wildman–Crippen LogP) is 13.6. The Morgan fingerprint density at radius 1 is 0.324 bits per heavy atom. The molecular formula is C45H41BF23O4S-. The standard InChI is InChI=1S/C24BF20.C21H41F3O4S/c26-5-1(6(27)14(35)21(42)13(5)34)25(2-7(28)15(36)22(43)16(37)8(2)29,3-9(30)17(38)23(44)18(39)10(3)31)4-11(32)19(40)24(45)20(41)12(4)33;1-20(2,28-29(25,26)27)18-16-14-12-10-8-6-4-3-5-7-9-11-13-15-17-19-21(22,23)24/h;3-19H2,1-2H3,(H,25,26,27)/q-1;. The van der Waals surface area contributed by atoms with Gasteiger partial charge in [0.05, 0.1) is 5.60 Å². The van der Waals surface area contributed by atoms with E-state index in [4.69, 9.17) is 4.55 Å². The lowest BCUT2D eigenvalue weighted by Crippen LogP contribution is -2.81. The third-order valence-electron chi connectivity index (χ3n) is 11.8. The molecule has 0 radical (unpaired) electrons. The Kier molecular flexibility index (Phi) is 22.2. The van der Waals surface area contributed by atoms with Crippen molar-refractivity contribution in [3.05, 3.63) is 116 Å². The van der Waals surface area contributed by atoms with Gasteiger partial charge < -0.3 is 0 Å². The zero-order valence-corrected chi connectivity index (χ0v) is 39.2. The van der Waals surface area contributed by atoms with Crippen LogP contribution in [0.3, 0.4) is 0 Å². The van der Waals surface area contributed by atoms with Crippen molar-refractivity contribution >= 4 is 38.4 Å². The van der Waals surface area contributed by atoms with E-state index in [-0.39, 0.29) is 6.42 Å². The molecule has 0 saturated carbocycles. The van der Waals surface area contributed by atoms with E-state index < -0.39 is 173 Å². The van der Waals surface area contributed by atoms with Crippen LogP contribution in [0.15, 0.2) is 0 Å². The van der Waals surface area contributed by atoms with E-state index in [1.165, 1.54) is 44.9 Å². The number of benzene rings is 4. The molecule has 4 aromatic carbocycles. The lowest BCUT2D eigenvalue weighted by Gasteiger charge is -2.44. The van der Waals surface area contributed by atoms with Crippen LogP contribution in [0.4, 0.5) is 101 Å². The largest absolute Gasteiger partial charge is 0.397 e. The van der Waals surface area contributed by atoms with E-state index in [1.54, 1.807) is 13.8 Å². The van der Waals surface area contributed by atoms with Crippen LogP contribution >= 0.6 is 0 Å². The van der Waals surface area contributed by atoms with Crippen molar-refractivity contribution in [3.8, 4) is 0 Å². The number of hydrogen-bond acceptors (Lipinski definition) is 3. The normalized spacial score (nSPS) is 12.5. The second kappa shape index (κ2) is 25.8. The number of halogens is 23. The fourth-order valence-electron chi connectivity index (χ4n) is 8.38. The molecule has 0 atom stereocenters. The van der Waals surface area contributed by atoms with E-state index in [1.807, 2.05) is 0 Å². The Bertz CT molecular complexity index is 2370. The van der Waals surface area contributed by atoms with Gasteiger partial charge in [-0.3, -0.25) is 4.55 Å². The van der Waals surface area contributed by atoms with Gasteiger partial charge in [-0.05, 0) is 26.7 Å². The zero-order valence-electron chi connectivity index (χ0n) is 38.4. The second-order valence-corrected chi connectivity index (χ2v) is 18.5. The number of unbranched alkanes of at least 4 members (excludes halogenated alkanes) is 14. The average Bonchev–Trinajstić information content (AvgIpc) is 3.31. The maximum absolute atomic E-state index is 15.4. The lowest BCUT2D eigenvalue weighted by molar-refractivity contribution is -0.135. The Hall–Kier alpha value is -4.80. The van der Waals surface area contributed by atoms with Crippen molar-refractivity contribution in [1.82, 2.24) is 0 Å². The number of hydrogen-bond donors (Lipinski definition) is 1. The highest BCUT2D eigenvalue weighted by atomic mass is 32.3. The van der Waals surface area contributed by atoms with Crippen LogP contribution in [0, 0.1) is 116 Å². The summed E-state index contributed by atoms with van der Waals surface area (Å²) in [6.45, 7) is 3.32. The molecule has 416 valence electrons. The Morgan fingerprint density at radius 3 is 0.662 bits per heavy atom.